The molecule has 0 atom stereocenters. The van der Waals surface area contributed by atoms with Gasteiger partial charge in [0.15, 0.2) is 0 Å². The topological polar surface area (TPSA) is 40.5 Å². The molecule has 0 unspecified atom stereocenters. The van der Waals surface area contributed by atoms with Crippen LogP contribution in [0.2, 0.25) is 0 Å². The van der Waals surface area contributed by atoms with Crippen LogP contribution in [-0.4, -0.2) is 34.6 Å². The summed E-state index contributed by atoms with van der Waals surface area (Å²) in [5.41, 5.74) is -0.235. The number of hydrogen-bond acceptors (Lipinski definition) is 2. The summed E-state index contributed by atoms with van der Waals surface area (Å²) in [7, 11) is 0. The lowest BCUT2D eigenvalue weighted by atomic mass is 9.90. The van der Waals surface area contributed by atoms with Gasteiger partial charge in [0.1, 0.15) is 5.82 Å². The molecule has 4 heteroatoms. The number of β-amino-alcohol motifs (C(OH)–C–C–N with tert-alkyl or cyclic N) is 1. The Kier molecular flexibility index (Phi) is 2.91. The van der Waals surface area contributed by atoms with E-state index in [2.05, 4.69) is 0 Å². The van der Waals surface area contributed by atoms with E-state index < -0.39 is 11.4 Å². The van der Waals surface area contributed by atoms with Gasteiger partial charge in [-0.3, -0.25) is 4.79 Å². The van der Waals surface area contributed by atoms with Crippen molar-refractivity contribution >= 4 is 5.91 Å². The van der Waals surface area contributed by atoms with Crippen LogP contribution in [0, 0.1) is 12.7 Å². The fourth-order valence-corrected chi connectivity index (χ4v) is 2.01. The maximum absolute atomic E-state index is 13.7. The van der Waals surface area contributed by atoms with Crippen LogP contribution in [0.4, 0.5) is 4.39 Å². The standard InChI is InChI=1S/C13H16FNO2/c1-3-13(17)7-15(8-13)12(16)10-6-4-5-9(2)11(10)14/h4-6,17H,3,7-8H2,1-2H3. The summed E-state index contributed by atoms with van der Waals surface area (Å²) in [6.45, 7) is 4.07. The van der Waals surface area contributed by atoms with Crippen molar-refractivity contribution in [2.24, 2.45) is 0 Å². The number of amides is 1. The second-order valence-corrected chi connectivity index (χ2v) is 4.68. The first-order valence-electron chi connectivity index (χ1n) is 5.73. The summed E-state index contributed by atoms with van der Waals surface area (Å²) in [6, 6.07) is 4.77. The first-order chi connectivity index (χ1) is 7.97. The third-order valence-corrected chi connectivity index (χ3v) is 3.34. The molecule has 1 aromatic carbocycles. The second-order valence-electron chi connectivity index (χ2n) is 4.68. The fourth-order valence-electron chi connectivity index (χ4n) is 2.01. The Bertz CT molecular complexity index is 453. The van der Waals surface area contributed by atoms with Crippen molar-refractivity contribution in [2.45, 2.75) is 25.9 Å². The van der Waals surface area contributed by atoms with Gasteiger partial charge in [0.05, 0.1) is 24.3 Å². The lowest BCUT2D eigenvalue weighted by Gasteiger charge is -2.46. The Hall–Kier alpha value is -1.42. The number of benzene rings is 1. The van der Waals surface area contributed by atoms with E-state index in [1.165, 1.54) is 11.0 Å². The van der Waals surface area contributed by atoms with Gasteiger partial charge in [0.2, 0.25) is 0 Å². The molecule has 1 aromatic rings. The zero-order chi connectivity index (χ0) is 12.6. The van der Waals surface area contributed by atoms with Crippen LogP contribution < -0.4 is 0 Å². The summed E-state index contributed by atoms with van der Waals surface area (Å²) in [6.07, 6.45) is 0.604. The Labute approximate surface area is 99.9 Å². The van der Waals surface area contributed by atoms with Crippen LogP contribution in [0.1, 0.15) is 29.3 Å². The molecule has 0 saturated carbocycles. The minimum atomic E-state index is -0.782. The zero-order valence-corrected chi connectivity index (χ0v) is 10.0. The minimum absolute atomic E-state index is 0.0863. The van der Waals surface area contributed by atoms with Crippen LogP contribution in [0.3, 0.4) is 0 Å². The van der Waals surface area contributed by atoms with Gasteiger partial charge in [-0.1, -0.05) is 19.1 Å². The third kappa shape index (κ3) is 2.05. The normalized spacial score (nSPS) is 17.8. The molecular formula is C13H16FNO2. The molecule has 0 aromatic heterocycles. The molecule has 1 aliphatic heterocycles. The highest BCUT2D eigenvalue weighted by Crippen LogP contribution is 2.26. The molecular weight excluding hydrogens is 221 g/mol. The Morgan fingerprint density at radius 2 is 2.18 bits per heavy atom. The molecule has 1 N–H and O–H groups in total. The van der Waals surface area contributed by atoms with Crippen LogP contribution in [0.25, 0.3) is 0 Å². The molecule has 92 valence electrons. The van der Waals surface area contributed by atoms with Crippen LogP contribution >= 0.6 is 0 Å². The molecule has 17 heavy (non-hydrogen) atoms. The first kappa shape index (κ1) is 12.0. The highest BCUT2D eigenvalue weighted by Gasteiger charge is 2.42. The molecule has 0 bridgehead atoms. The van der Waals surface area contributed by atoms with E-state index in [-0.39, 0.29) is 24.6 Å². The quantitative estimate of drug-likeness (QED) is 0.851. The van der Waals surface area contributed by atoms with Crippen LogP contribution in [0.15, 0.2) is 18.2 Å². The number of carbonyl (C=O) groups is 1. The molecule has 1 aliphatic rings. The number of carbonyl (C=O) groups excluding carboxylic acids is 1. The SMILES string of the molecule is CCC1(O)CN(C(=O)c2cccc(C)c2F)C1. The molecule has 1 saturated heterocycles. The van der Waals surface area contributed by atoms with Crippen LogP contribution in [-0.2, 0) is 0 Å². The van der Waals surface area contributed by atoms with E-state index in [9.17, 15) is 14.3 Å². The van der Waals surface area contributed by atoms with Crippen molar-refractivity contribution in [2.75, 3.05) is 13.1 Å². The van der Waals surface area contributed by atoms with Crippen molar-refractivity contribution in [3.63, 3.8) is 0 Å². The Balaban J connectivity index is 2.15. The van der Waals surface area contributed by atoms with Crippen molar-refractivity contribution in [3.8, 4) is 0 Å². The van der Waals surface area contributed by atoms with Crippen molar-refractivity contribution in [1.82, 2.24) is 4.90 Å². The van der Waals surface area contributed by atoms with Gasteiger partial charge < -0.3 is 10.0 Å². The minimum Gasteiger partial charge on any atom is -0.386 e. The van der Waals surface area contributed by atoms with Gasteiger partial charge in [-0.25, -0.2) is 4.39 Å². The van der Waals surface area contributed by atoms with Gasteiger partial charge in [0.25, 0.3) is 5.91 Å². The van der Waals surface area contributed by atoms with E-state index in [4.69, 9.17) is 0 Å². The van der Waals surface area contributed by atoms with Gasteiger partial charge >= 0.3 is 0 Å². The summed E-state index contributed by atoms with van der Waals surface area (Å²) in [5, 5.41) is 9.82. The van der Waals surface area contributed by atoms with E-state index in [1.54, 1.807) is 19.1 Å². The maximum atomic E-state index is 13.7. The number of aryl methyl sites for hydroxylation is 1. The molecule has 0 aliphatic carbocycles. The smallest absolute Gasteiger partial charge is 0.257 e. The number of likely N-dealkylation sites (tertiary alicyclic amines) is 1. The van der Waals surface area contributed by atoms with Crippen molar-refractivity contribution < 1.29 is 14.3 Å². The zero-order valence-electron chi connectivity index (χ0n) is 10.0. The predicted octanol–water partition coefficient (Wildman–Crippen LogP) is 1.73. The highest BCUT2D eigenvalue weighted by atomic mass is 19.1. The number of halogens is 1. The van der Waals surface area contributed by atoms with E-state index in [0.717, 1.165) is 0 Å². The molecule has 3 nitrogen and oxygen atoms in total. The largest absolute Gasteiger partial charge is 0.386 e. The van der Waals surface area contributed by atoms with Crippen molar-refractivity contribution in [1.29, 1.82) is 0 Å². The first-order valence-corrected chi connectivity index (χ1v) is 5.73. The average Bonchev–Trinajstić information content (AvgIpc) is 2.28. The number of rotatable bonds is 2. The van der Waals surface area contributed by atoms with Gasteiger partial charge in [0, 0.05) is 0 Å². The fraction of sp³-hybridized carbons (Fsp3) is 0.462. The summed E-state index contributed by atoms with van der Waals surface area (Å²) in [5.74, 6) is -0.811. The van der Waals surface area contributed by atoms with Gasteiger partial charge in [-0.2, -0.15) is 0 Å². The number of aliphatic hydroxyl groups is 1. The predicted molar refractivity (Wildman–Crippen MR) is 62.3 cm³/mol. The van der Waals surface area contributed by atoms with E-state index in [1.807, 2.05) is 6.92 Å². The Morgan fingerprint density at radius 3 is 2.76 bits per heavy atom. The molecule has 1 amide bonds. The lowest BCUT2D eigenvalue weighted by molar-refractivity contribution is -0.0827. The van der Waals surface area contributed by atoms with E-state index in [0.29, 0.717) is 12.0 Å². The van der Waals surface area contributed by atoms with Crippen LogP contribution in [0.5, 0.6) is 0 Å². The summed E-state index contributed by atoms with van der Waals surface area (Å²) < 4.78 is 13.7. The van der Waals surface area contributed by atoms with Crippen molar-refractivity contribution in [3.05, 3.63) is 35.1 Å². The molecule has 1 heterocycles. The molecule has 1 fully saturated rings. The summed E-state index contributed by atoms with van der Waals surface area (Å²) >= 11 is 0. The molecule has 0 radical (unpaired) electrons. The van der Waals surface area contributed by atoms with E-state index >= 15 is 0 Å². The molecule has 0 spiro atoms. The summed E-state index contributed by atoms with van der Waals surface area (Å²) in [4.78, 5) is 13.5. The monoisotopic (exact) mass is 237 g/mol. The second kappa shape index (κ2) is 4.11. The average molecular weight is 237 g/mol. The molecule has 2 rings (SSSR count). The highest BCUT2D eigenvalue weighted by molar-refractivity contribution is 5.95. The lowest BCUT2D eigenvalue weighted by Crippen LogP contribution is -2.63. The number of nitrogens with zero attached hydrogens (tertiary/aromatic N) is 1. The third-order valence-electron chi connectivity index (χ3n) is 3.34. The van der Waals surface area contributed by atoms with Gasteiger partial charge in [-0.15, -0.1) is 0 Å². The maximum Gasteiger partial charge on any atom is 0.257 e. The number of hydrogen-bond donors (Lipinski definition) is 1. The van der Waals surface area contributed by atoms with Gasteiger partial charge in [-0.05, 0) is 25.0 Å². The Morgan fingerprint density at radius 1 is 1.53 bits per heavy atom.